The third-order valence-corrected chi connectivity index (χ3v) is 6.83. The van der Waals surface area contributed by atoms with Crippen LogP contribution in [0.15, 0.2) is 72.9 Å². The maximum atomic E-state index is 11.0. The van der Waals surface area contributed by atoms with Gasteiger partial charge in [-0.05, 0) is 11.8 Å². The number of nitrogens with zero attached hydrogens (tertiary/aromatic N) is 7. The zero-order valence-electron chi connectivity index (χ0n) is 20.5. The first-order valence-electron chi connectivity index (χ1n) is 12.3. The first kappa shape index (κ1) is 23.1. The molecule has 2 aromatic heterocycles. The minimum atomic E-state index is -0.495. The van der Waals surface area contributed by atoms with Crippen LogP contribution in [0.5, 0.6) is 6.01 Å². The van der Waals surface area contributed by atoms with Crippen LogP contribution in [0.4, 0.5) is 11.6 Å². The van der Waals surface area contributed by atoms with Crippen LogP contribution in [0.2, 0.25) is 0 Å². The highest BCUT2D eigenvalue weighted by Crippen LogP contribution is 2.32. The fourth-order valence-corrected chi connectivity index (χ4v) is 5.04. The average Bonchev–Trinajstić information content (AvgIpc) is 3.45. The van der Waals surface area contributed by atoms with E-state index in [2.05, 4.69) is 33.0 Å². The van der Waals surface area contributed by atoms with Crippen LogP contribution in [-0.2, 0) is 6.54 Å². The summed E-state index contributed by atoms with van der Waals surface area (Å²) in [4.78, 5) is 29.0. The predicted molar refractivity (Wildman–Crippen MR) is 139 cm³/mol. The van der Waals surface area contributed by atoms with Crippen molar-refractivity contribution >= 4 is 11.6 Å². The van der Waals surface area contributed by atoms with Crippen molar-refractivity contribution in [3.63, 3.8) is 0 Å². The van der Waals surface area contributed by atoms with Gasteiger partial charge in [-0.3, -0.25) is 9.47 Å². The fourth-order valence-electron chi connectivity index (χ4n) is 5.04. The normalized spacial score (nSPS) is 19.4. The van der Waals surface area contributed by atoms with E-state index < -0.39 is 10.5 Å². The van der Waals surface area contributed by atoms with Gasteiger partial charge < -0.3 is 19.8 Å². The molecule has 10 heteroatoms. The lowest BCUT2D eigenvalue weighted by Gasteiger charge is -2.38. The van der Waals surface area contributed by atoms with Gasteiger partial charge in [0.05, 0.1) is 12.2 Å². The molecule has 10 nitrogen and oxygen atoms in total. The van der Waals surface area contributed by atoms with Gasteiger partial charge in [0.15, 0.2) is 5.82 Å². The van der Waals surface area contributed by atoms with Crippen LogP contribution in [0.1, 0.15) is 6.92 Å². The molecule has 0 amide bonds. The molecule has 1 fully saturated rings. The molecule has 4 heterocycles. The van der Waals surface area contributed by atoms with E-state index in [1.54, 1.807) is 4.57 Å². The lowest BCUT2D eigenvalue weighted by molar-refractivity contribution is -0.389. The molecule has 0 bridgehead atoms. The number of hydrogen-bond donors (Lipinski definition) is 0. The first-order chi connectivity index (χ1) is 18.0. The lowest BCUT2D eigenvalue weighted by Crippen LogP contribution is -2.53. The second kappa shape index (κ2) is 9.29. The van der Waals surface area contributed by atoms with Crippen LogP contribution in [-0.4, -0.2) is 67.7 Å². The number of piperazine rings is 1. The van der Waals surface area contributed by atoms with Crippen LogP contribution in [0.3, 0.4) is 0 Å². The molecule has 2 aliphatic rings. The maximum absolute atomic E-state index is 11.0. The van der Waals surface area contributed by atoms with E-state index in [9.17, 15) is 10.1 Å². The fraction of sp³-hybridized carbons (Fsp3) is 0.296. The predicted octanol–water partition coefficient (Wildman–Crippen LogP) is 3.89. The zero-order valence-corrected chi connectivity index (χ0v) is 20.5. The molecule has 1 atom stereocenters. The number of aromatic nitrogens is 4. The number of nitro groups is 1. The highest BCUT2D eigenvalue weighted by Gasteiger charge is 2.41. The quantitative estimate of drug-likeness (QED) is 0.292. The summed E-state index contributed by atoms with van der Waals surface area (Å²) in [6.45, 7) is 6.64. The Morgan fingerprint density at radius 3 is 2.27 bits per heavy atom. The number of fused-ring (bicyclic) bond motifs is 1. The summed E-state index contributed by atoms with van der Waals surface area (Å²) in [5.41, 5.74) is 2.48. The molecular weight excluding hydrogens is 470 g/mol. The van der Waals surface area contributed by atoms with Crippen molar-refractivity contribution in [1.82, 2.24) is 24.4 Å². The molecule has 0 N–H and O–H groups in total. The lowest BCUT2D eigenvalue weighted by atomic mass is 10.1. The van der Waals surface area contributed by atoms with Crippen molar-refractivity contribution in [2.75, 3.05) is 37.6 Å². The van der Waals surface area contributed by atoms with Crippen LogP contribution < -0.4 is 9.64 Å². The first-order valence-corrected chi connectivity index (χ1v) is 12.3. The summed E-state index contributed by atoms with van der Waals surface area (Å²) in [6.07, 6.45) is 1.45. The van der Waals surface area contributed by atoms with Crippen LogP contribution in [0.25, 0.3) is 22.6 Å². The van der Waals surface area contributed by atoms with E-state index in [1.165, 1.54) is 6.20 Å². The van der Waals surface area contributed by atoms with Crippen LogP contribution >= 0.6 is 0 Å². The van der Waals surface area contributed by atoms with Gasteiger partial charge in [0.1, 0.15) is 17.6 Å². The number of hydrogen-bond acceptors (Lipinski definition) is 8. The molecule has 4 aromatic rings. The molecule has 2 aliphatic heterocycles. The molecule has 6 rings (SSSR count). The Balaban J connectivity index is 1.17. The third-order valence-electron chi connectivity index (χ3n) is 6.83. The maximum Gasteiger partial charge on any atom is 0.415 e. The Morgan fingerprint density at radius 2 is 1.62 bits per heavy atom. The van der Waals surface area contributed by atoms with E-state index in [1.807, 2.05) is 55.5 Å². The summed E-state index contributed by atoms with van der Waals surface area (Å²) < 4.78 is 7.77. The number of rotatable bonds is 6. The largest absolute Gasteiger partial charge is 0.436 e. The molecule has 0 aliphatic carbocycles. The molecule has 2 aromatic carbocycles. The topological polar surface area (TPSA) is 102 Å². The van der Waals surface area contributed by atoms with Gasteiger partial charge in [-0.1, -0.05) is 60.7 Å². The Labute approximate surface area is 214 Å². The molecule has 0 spiro atoms. The number of benzene rings is 2. The number of anilines is 1. The van der Waals surface area contributed by atoms with Gasteiger partial charge in [-0.15, -0.1) is 0 Å². The number of ether oxygens (including phenoxy) is 1. The van der Waals surface area contributed by atoms with Crippen molar-refractivity contribution in [2.24, 2.45) is 0 Å². The molecule has 188 valence electrons. The van der Waals surface area contributed by atoms with Crippen molar-refractivity contribution in [2.45, 2.75) is 19.1 Å². The Morgan fingerprint density at radius 1 is 0.946 bits per heavy atom. The highest BCUT2D eigenvalue weighted by molar-refractivity contribution is 5.68. The minimum Gasteiger partial charge on any atom is -0.436 e. The molecule has 0 radical (unpaired) electrons. The van der Waals surface area contributed by atoms with E-state index in [0.29, 0.717) is 19.1 Å². The summed E-state index contributed by atoms with van der Waals surface area (Å²) in [5, 5.41) is 11.0. The van der Waals surface area contributed by atoms with Gasteiger partial charge in [0, 0.05) is 54.9 Å². The van der Waals surface area contributed by atoms with Crippen molar-refractivity contribution in [3.05, 3.63) is 83.0 Å². The van der Waals surface area contributed by atoms with Crippen molar-refractivity contribution in [1.29, 1.82) is 0 Å². The Kier molecular flexibility index (Phi) is 5.80. The average molecular weight is 498 g/mol. The standard InChI is InChI=1S/C27H27N7O3/c1-27(19-33-17-24(34(35)36)30-26(33)37-27)18-31-12-14-32(15-13-31)23-16-22(20-8-4-2-5-9-20)28-25(29-23)21-10-6-3-7-11-21/h2-11,16-17H,12-15,18-19H2,1H3. The van der Waals surface area contributed by atoms with Gasteiger partial charge in [0.25, 0.3) is 0 Å². The minimum absolute atomic E-state index is 0.180. The highest BCUT2D eigenvalue weighted by atomic mass is 16.6. The molecule has 1 unspecified atom stereocenters. The second-order valence-electron chi connectivity index (χ2n) is 9.75. The van der Waals surface area contributed by atoms with E-state index in [-0.39, 0.29) is 5.82 Å². The summed E-state index contributed by atoms with van der Waals surface area (Å²) >= 11 is 0. The Bertz CT molecular complexity index is 1340. The third kappa shape index (κ3) is 4.75. The summed E-state index contributed by atoms with van der Waals surface area (Å²) in [6, 6.07) is 22.6. The molecule has 37 heavy (non-hydrogen) atoms. The Hall–Kier alpha value is -4.31. The van der Waals surface area contributed by atoms with Gasteiger partial charge in [-0.25, -0.2) is 9.97 Å². The van der Waals surface area contributed by atoms with Gasteiger partial charge in [-0.2, -0.15) is 0 Å². The molecule has 0 saturated carbocycles. The monoisotopic (exact) mass is 497 g/mol. The van der Waals surface area contributed by atoms with E-state index in [4.69, 9.17) is 14.7 Å². The van der Waals surface area contributed by atoms with Gasteiger partial charge >= 0.3 is 11.8 Å². The van der Waals surface area contributed by atoms with E-state index in [0.717, 1.165) is 54.6 Å². The SMILES string of the molecule is CC1(CN2CCN(c3cc(-c4ccccc4)nc(-c4ccccc4)n3)CC2)Cn2cc([N+](=O)[O-])nc2O1. The second-order valence-corrected chi connectivity index (χ2v) is 9.75. The van der Waals surface area contributed by atoms with Crippen molar-refractivity contribution in [3.8, 4) is 28.7 Å². The molecular formula is C27H27N7O3. The zero-order chi connectivity index (χ0) is 25.4. The van der Waals surface area contributed by atoms with E-state index >= 15 is 0 Å². The van der Waals surface area contributed by atoms with Crippen LogP contribution in [0, 0.1) is 10.1 Å². The summed E-state index contributed by atoms with van der Waals surface area (Å²) in [7, 11) is 0. The van der Waals surface area contributed by atoms with Crippen molar-refractivity contribution < 1.29 is 9.66 Å². The number of imidazole rings is 1. The van der Waals surface area contributed by atoms with Gasteiger partial charge in [0.2, 0.25) is 0 Å². The summed E-state index contributed by atoms with van der Waals surface area (Å²) in [5.74, 6) is 1.46. The molecule has 1 saturated heterocycles. The smallest absolute Gasteiger partial charge is 0.415 e.